The summed E-state index contributed by atoms with van der Waals surface area (Å²) in [6.45, 7) is 1.05. The molecule has 1 unspecified atom stereocenters. The van der Waals surface area contributed by atoms with Gasteiger partial charge in [-0.1, -0.05) is 22.9 Å². The second-order valence-electron chi connectivity index (χ2n) is 8.44. The lowest BCUT2D eigenvalue weighted by Crippen LogP contribution is -2.73. The van der Waals surface area contributed by atoms with Gasteiger partial charge >= 0.3 is 0 Å². The Balaban J connectivity index is 1.83. The van der Waals surface area contributed by atoms with Gasteiger partial charge in [0.05, 0.1) is 52.1 Å². The van der Waals surface area contributed by atoms with Crippen LogP contribution in [-0.4, -0.2) is 87.0 Å². The molecule has 0 spiro atoms. The Hall–Kier alpha value is -1.66. The number of amides is 1. The highest BCUT2D eigenvalue weighted by Gasteiger charge is 2.58. The van der Waals surface area contributed by atoms with Crippen LogP contribution in [0.25, 0.3) is 0 Å². The van der Waals surface area contributed by atoms with Gasteiger partial charge in [-0.15, -0.1) is 0 Å². The molecule has 1 fully saturated rings. The van der Waals surface area contributed by atoms with Crippen molar-refractivity contribution in [2.45, 2.75) is 34.9 Å². The largest absolute Gasteiger partial charge is 0.351 e. The first kappa shape index (κ1) is 26.0. The number of likely N-dealkylation sites (tertiary alicyclic amines) is 1. The standard InChI is InChI=1S/C20H16B6ClF2N3O/c1-11-2-5-15(30-9-11)18(21,22)31-10-17(29)6-7-32(20(25,26)19(17,23)24)16(33)12-3-4-14(28)13(27)8-12/h2-5,8-9,31H,6-7,10H2,1H3. The molecular formula is C20H16B6ClF2N3O. The second kappa shape index (κ2) is 8.84. The van der Waals surface area contributed by atoms with Crippen LogP contribution in [0.2, 0.25) is 10.2 Å². The van der Waals surface area contributed by atoms with Crippen LogP contribution in [0.15, 0.2) is 36.5 Å². The molecule has 1 aromatic carbocycles. The Bertz CT molecular complexity index is 1060. The first-order valence-corrected chi connectivity index (χ1v) is 10.4. The van der Waals surface area contributed by atoms with E-state index in [4.69, 9.17) is 58.7 Å². The smallest absolute Gasteiger partial charge is 0.252 e. The number of hydrogen-bond donors (Lipinski definition) is 1. The Morgan fingerprint density at radius 3 is 2.48 bits per heavy atom. The summed E-state index contributed by atoms with van der Waals surface area (Å²) in [5, 5.41) is -4.10. The highest BCUT2D eigenvalue weighted by molar-refractivity contribution is 6.55. The zero-order valence-corrected chi connectivity index (χ0v) is 18.7. The first-order valence-electron chi connectivity index (χ1n) is 10.00. The fourth-order valence-corrected chi connectivity index (χ4v) is 3.82. The van der Waals surface area contributed by atoms with E-state index in [1.54, 1.807) is 18.3 Å². The molecule has 13 heteroatoms. The number of piperidine rings is 1. The lowest BCUT2D eigenvalue weighted by molar-refractivity contribution is 0.0132. The van der Waals surface area contributed by atoms with Gasteiger partial charge in [0.15, 0.2) is 0 Å². The number of benzene rings is 1. The molecule has 1 saturated heterocycles. The van der Waals surface area contributed by atoms with Crippen molar-refractivity contribution in [2.75, 3.05) is 13.1 Å². The van der Waals surface area contributed by atoms with E-state index in [1.165, 1.54) is 6.07 Å². The van der Waals surface area contributed by atoms with Crippen LogP contribution in [0.3, 0.4) is 0 Å². The van der Waals surface area contributed by atoms with Crippen LogP contribution >= 0.6 is 11.6 Å². The predicted molar refractivity (Wildman–Crippen MR) is 130 cm³/mol. The van der Waals surface area contributed by atoms with Gasteiger partial charge < -0.3 is 10.2 Å². The second-order valence-corrected chi connectivity index (χ2v) is 8.85. The topological polar surface area (TPSA) is 45.2 Å². The first-order chi connectivity index (χ1) is 15.1. The van der Waals surface area contributed by atoms with Gasteiger partial charge in [0.1, 0.15) is 11.5 Å². The number of aromatic nitrogens is 1. The van der Waals surface area contributed by atoms with Crippen LogP contribution in [0.1, 0.15) is 28.0 Å². The summed E-state index contributed by atoms with van der Waals surface area (Å²) in [5.41, 5.74) is -1.31. The van der Waals surface area contributed by atoms with E-state index in [-0.39, 0.29) is 29.2 Å². The molecule has 0 aliphatic carbocycles. The van der Waals surface area contributed by atoms with Crippen LogP contribution in [-0.2, 0) is 5.34 Å². The number of nitrogens with one attached hydrogen (secondary N) is 1. The number of carbonyl (C=O) groups excluding carboxylic acids is 1. The minimum absolute atomic E-state index is 0.0182. The van der Waals surface area contributed by atoms with Gasteiger partial charge in [-0.2, -0.15) is 0 Å². The molecule has 4 nitrogen and oxygen atoms in total. The maximum atomic E-state index is 16.1. The molecule has 1 aliphatic rings. The van der Waals surface area contributed by atoms with Gasteiger partial charge in [-0.3, -0.25) is 9.78 Å². The minimum atomic E-state index is -2.44. The number of pyridine rings is 1. The number of nitrogens with zero attached hydrogens (tertiary/aromatic N) is 2. The summed E-state index contributed by atoms with van der Waals surface area (Å²) in [6, 6.07) is 6.65. The van der Waals surface area contributed by atoms with Crippen molar-refractivity contribution in [2.24, 2.45) is 0 Å². The van der Waals surface area contributed by atoms with E-state index in [9.17, 15) is 9.18 Å². The molecule has 1 atom stereocenters. The van der Waals surface area contributed by atoms with E-state index in [0.717, 1.165) is 22.6 Å². The van der Waals surface area contributed by atoms with E-state index >= 15 is 4.39 Å². The third kappa shape index (κ3) is 4.66. The molecule has 1 aliphatic heterocycles. The molecule has 1 N–H and O–H groups in total. The normalized spacial score (nSPS) is 22.1. The third-order valence-corrected chi connectivity index (χ3v) is 6.28. The molecule has 156 valence electrons. The fraction of sp³-hybridized carbons (Fsp3) is 0.400. The maximum absolute atomic E-state index is 16.1. The summed E-state index contributed by atoms with van der Waals surface area (Å²) >= 11 is 5.76. The molecule has 0 bridgehead atoms. The number of rotatable bonds is 5. The van der Waals surface area contributed by atoms with Crippen LogP contribution in [0, 0.1) is 12.7 Å². The SMILES string of the molecule is [B]C([B])(NCC1(F)CCN(C(=O)c2ccc(F)c(Cl)c2)C([B])([B])C1([B])[B])c1ccc(C)cn1. The zero-order chi connectivity index (χ0) is 24.8. The Labute approximate surface area is 205 Å². The molecule has 3 rings (SSSR count). The van der Waals surface area contributed by atoms with Crippen molar-refractivity contribution in [3.05, 3.63) is 64.2 Å². The van der Waals surface area contributed by atoms with Crippen molar-refractivity contribution in [3.8, 4) is 0 Å². The highest BCUT2D eigenvalue weighted by atomic mass is 35.5. The van der Waals surface area contributed by atoms with Gasteiger partial charge in [-0.25, -0.2) is 8.78 Å². The van der Waals surface area contributed by atoms with Crippen molar-refractivity contribution >= 4 is 64.6 Å². The minimum Gasteiger partial charge on any atom is -0.351 e. The van der Waals surface area contributed by atoms with Gasteiger partial charge in [0, 0.05) is 30.5 Å². The number of alkyl halides is 1. The van der Waals surface area contributed by atoms with Gasteiger partial charge in [0.25, 0.3) is 5.91 Å². The van der Waals surface area contributed by atoms with Crippen molar-refractivity contribution < 1.29 is 13.6 Å². The molecule has 12 radical (unpaired) electrons. The lowest BCUT2D eigenvalue weighted by atomic mass is 9.27. The number of halogens is 3. The van der Waals surface area contributed by atoms with E-state index < -0.39 is 39.8 Å². The van der Waals surface area contributed by atoms with E-state index in [0.29, 0.717) is 0 Å². The van der Waals surface area contributed by atoms with Crippen molar-refractivity contribution in [3.63, 3.8) is 0 Å². The summed E-state index contributed by atoms with van der Waals surface area (Å²) in [6.07, 6.45) is 1.21. The van der Waals surface area contributed by atoms with Crippen LogP contribution in [0.5, 0.6) is 0 Å². The molecule has 2 heterocycles. The average Bonchev–Trinajstić information content (AvgIpc) is 2.73. The molecule has 33 heavy (non-hydrogen) atoms. The maximum Gasteiger partial charge on any atom is 0.252 e. The third-order valence-electron chi connectivity index (χ3n) is 5.99. The quantitative estimate of drug-likeness (QED) is 0.687. The Morgan fingerprint density at radius 1 is 1.24 bits per heavy atom. The molecule has 1 amide bonds. The Morgan fingerprint density at radius 2 is 1.91 bits per heavy atom. The highest BCUT2D eigenvalue weighted by Crippen LogP contribution is 2.51. The summed E-state index contributed by atoms with van der Waals surface area (Å²) in [7, 11) is 36.7. The van der Waals surface area contributed by atoms with E-state index in [2.05, 4.69) is 10.3 Å². The molecule has 0 saturated carbocycles. The number of carbonyl (C=O) groups is 1. The van der Waals surface area contributed by atoms with Crippen molar-refractivity contribution in [1.82, 2.24) is 15.2 Å². The number of aryl methyl sites for hydroxylation is 1. The van der Waals surface area contributed by atoms with Crippen LogP contribution < -0.4 is 5.32 Å². The fourth-order valence-electron chi connectivity index (χ4n) is 3.64. The molecule has 1 aromatic heterocycles. The van der Waals surface area contributed by atoms with Crippen LogP contribution in [0.4, 0.5) is 8.78 Å². The lowest BCUT2D eigenvalue weighted by Gasteiger charge is -2.62. The zero-order valence-electron chi connectivity index (χ0n) is 18.0. The number of hydrogen-bond acceptors (Lipinski definition) is 3. The van der Waals surface area contributed by atoms with Gasteiger partial charge in [0.2, 0.25) is 0 Å². The summed E-state index contributed by atoms with van der Waals surface area (Å²) in [4.78, 5) is 18.1. The summed E-state index contributed by atoms with van der Waals surface area (Å²) < 4.78 is 29.6. The van der Waals surface area contributed by atoms with E-state index in [1.807, 2.05) is 6.92 Å². The van der Waals surface area contributed by atoms with Gasteiger partial charge in [-0.05, 0) is 53.8 Å². The Kier molecular flexibility index (Phi) is 6.96. The monoisotopic (exact) mass is 453 g/mol. The average molecular weight is 453 g/mol. The predicted octanol–water partition coefficient (Wildman–Crippen LogP) is 0.918. The molecular weight excluding hydrogens is 437 g/mol. The van der Waals surface area contributed by atoms with Crippen molar-refractivity contribution in [1.29, 1.82) is 0 Å². The summed E-state index contributed by atoms with van der Waals surface area (Å²) in [5.74, 6) is -1.46. The molecule has 2 aromatic rings.